The fraction of sp³-hybridized carbons (Fsp3) is 0.652. The molecule has 0 amide bonds. The van der Waals surface area contributed by atoms with Crippen LogP contribution < -0.4 is 10.4 Å². The number of benzene rings is 2. The molecule has 3 nitrogen and oxygen atoms in total. The number of aliphatic hydroxyl groups is 1. The van der Waals surface area contributed by atoms with Crippen molar-refractivity contribution in [1.82, 2.24) is 0 Å². The van der Waals surface area contributed by atoms with E-state index in [0.717, 1.165) is 44.1 Å². The van der Waals surface area contributed by atoms with Gasteiger partial charge in [0.05, 0.1) is 17.1 Å². The van der Waals surface area contributed by atoms with Crippen LogP contribution in [0.3, 0.4) is 0 Å². The summed E-state index contributed by atoms with van der Waals surface area (Å²) in [5.41, 5.74) is 0.0759. The number of fused-ring (bicyclic) bond motifs is 2. The van der Waals surface area contributed by atoms with Crippen LogP contribution >= 0.6 is 0 Å². The topological polar surface area (TPSA) is 38.7 Å². The average Bonchev–Trinajstić information content (AvgIpc) is 3.52. The molecule has 2 aromatic carbocycles. The molecule has 1 N–H and O–H groups in total. The quantitative estimate of drug-likeness (QED) is 0.108. The minimum atomic E-state index is -2.71. The Kier molecular flexibility index (Phi) is 10.4. The highest BCUT2D eigenvalue weighted by atomic mass is 28.4. The highest BCUT2D eigenvalue weighted by Gasteiger charge is 2.65. The molecule has 0 aromatic heterocycles. The van der Waals surface area contributed by atoms with Crippen molar-refractivity contribution in [1.29, 1.82) is 0 Å². The number of hydrogen-bond donors (Lipinski definition) is 1. The molecule has 8 atom stereocenters. The highest BCUT2D eigenvalue weighted by Crippen LogP contribution is 2.67. The predicted octanol–water partition coefficient (Wildman–Crippen LogP) is 10.3. The van der Waals surface area contributed by atoms with Gasteiger partial charge in [-0.2, -0.15) is 0 Å². The average molecular weight is 728 g/mol. The van der Waals surface area contributed by atoms with E-state index in [1.165, 1.54) is 36.1 Å². The third-order valence-corrected chi connectivity index (χ3v) is 20.0. The maximum Gasteiger partial charge on any atom is 0.261 e. The normalized spacial score (nSPS) is 32.9. The zero-order valence-corrected chi connectivity index (χ0v) is 35.7. The van der Waals surface area contributed by atoms with Gasteiger partial charge in [0.1, 0.15) is 5.60 Å². The van der Waals surface area contributed by atoms with Gasteiger partial charge in [0, 0.05) is 5.92 Å². The molecular weight excluding hydrogens is 660 g/mol. The molecule has 4 aliphatic carbocycles. The van der Waals surface area contributed by atoms with Crippen LogP contribution in [0.4, 0.5) is 0 Å². The Morgan fingerprint density at radius 2 is 1.53 bits per heavy atom. The van der Waals surface area contributed by atoms with Crippen LogP contribution in [0.25, 0.3) is 0 Å². The Morgan fingerprint density at radius 3 is 2.10 bits per heavy atom. The lowest BCUT2D eigenvalue weighted by atomic mass is 9.62. The summed E-state index contributed by atoms with van der Waals surface area (Å²) in [6.07, 6.45) is 10.9. The van der Waals surface area contributed by atoms with Gasteiger partial charge < -0.3 is 14.0 Å². The summed E-state index contributed by atoms with van der Waals surface area (Å²) < 4.78 is 14.1. The maximum atomic E-state index is 12.5. The summed E-state index contributed by atoms with van der Waals surface area (Å²) in [4.78, 5) is 0. The van der Waals surface area contributed by atoms with Crippen LogP contribution in [0.15, 0.2) is 72.8 Å². The first-order chi connectivity index (χ1) is 23.8. The van der Waals surface area contributed by atoms with Gasteiger partial charge in [0.2, 0.25) is 0 Å². The van der Waals surface area contributed by atoms with E-state index < -0.39 is 22.2 Å². The summed E-state index contributed by atoms with van der Waals surface area (Å²) in [6, 6.07) is 21.9. The van der Waals surface area contributed by atoms with Crippen LogP contribution in [0.1, 0.15) is 113 Å². The second-order valence-corrected chi connectivity index (χ2v) is 28.7. The van der Waals surface area contributed by atoms with Crippen LogP contribution in [-0.4, -0.2) is 39.0 Å². The fourth-order valence-electron chi connectivity index (χ4n) is 11.5. The highest BCUT2D eigenvalue weighted by molar-refractivity contribution is 6.99. The fourth-order valence-corrected chi connectivity index (χ4v) is 17.9. The second kappa shape index (κ2) is 13.7. The van der Waals surface area contributed by atoms with Crippen molar-refractivity contribution in [2.24, 2.45) is 34.5 Å². The van der Waals surface area contributed by atoms with E-state index in [1.807, 2.05) is 0 Å². The third kappa shape index (κ3) is 7.31. The Bertz CT molecular complexity index is 1570. The van der Waals surface area contributed by atoms with Gasteiger partial charge in [-0.25, -0.2) is 0 Å². The maximum absolute atomic E-state index is 12.5. The zero-order chi connectivity index (χ0) is 37.1. The van der Waals surface area contributed by atoms with Gasteiger partial charge in [0.25, 0.3) is 8.32 Å². The molecule has 0 spiro atoms. The van der Waals surface area contributed by atoms with Crippen LogP contribution in [0.2, 0.25) is 24.7 Å². The van der Waals surface area contributed by atoms with E-state index >= 15 is 0 Å². The van der Waals surface area contributed by atoms with Gasteiger partial charge in [-0.15, -0.1) is 0 Å². The van der Waals surface area contributed by atoms with E-state index in [9.17, 15) is 5.11 Å². The largest absolute Gasteiger partial charge is 0.413 e. The molecule has 2 aromatic rings. The Hall–Kier alpha value is -1.95. The molecular formula is C46H68O3Si2. The summed E-state index contributed by atoms with van der Waals surface area (Å²) in [6.45, 7) is 28.2. The smallest absolute Gasteiger partial charge is 0.261 e. The summed E-state index contributed by atoms with van der Waals surface area (Å²) in [5, 5.41) is 15.0. The molecule has 4 saturated carbocycles. The van der Waals surface area contributed by atoms with E-state index in [2.05, 4.69) is 141 Å². The van der Waals surface area contributed by atoms with Crippen LogP contribution in [0.5, 0.6) is 0 Å². The molecule has 0 saturated heterocycles. The van der Waals surface area contributed by atoms with Gasteiger partial charge in [-0.1, -0.05) is 127 Å². The standard InChI is InChI=1S/C46H68O3Si2/c1-34(20-18-27-43(6,7)49-50(9,10)11)39-25-26-41-44(39,8)28-19-29-46(41,47)31-30-45-33-36(45)32-40(35(45)2)48-51(42(3,4)5,37-21-14-12-15-22-37)38-23-16-13-17-24-38/h12-17,21-24,34,36,39-41,47H,2,18-20,25-29,32-33H2,1,3-11H3/t34-,36-,39-,40+,41-,44-,45-,46-/m1/s1/i2+1,29+1,31+1. The molecule has 278 valence electrons. The summed E-state index contributed by atoms with van der Waals surface area (Å²) in [5.74, 6) is 9.42. The summed E-state index contributed by atoms with van der Waals surface area (Å²) in [7, 11) is -4.28. The van der Waals surface area contributed by atoms with Crippen LogP contribution in [0, 0.1) is 46.3 Å². The Balaban J connectivity index is 1.19. The minimum Gasteiger partial charge on any atom is -0.413 e. The predicted molar refractivity (Wildman–Crippen MR) is 219 cm³/mol. The first kappa shape index (κ1) is 38.8. The van der Waals surface area contributed by atoms with Gasteiger partial charge >= 0.3 is 0 Å². The van der Waals surface area contributed by atoms with Crippen molar-refractivity contribution in [2.75, 3.05) is 0 Å². The van der Waals surface area contributed by atoms with Crippen molar-refractivity contribution in [3.05, 3.63) is 72.8 Å². The van der Waals surface area contributed by atoms with Gasteiger partial charge in [-0.05, 0) is 129 Å². The molecule has 0 aliphatic heterocycles. The molecule has 6 rings (SSSR count). The zero-order valence-electron chi connectivity index (χ0n) is 33.7. The lowest BCUT2D eigenvalue weighted by Gasteiger charge is -2.49. The van der Waals surface area contributed by atoms with E-state index in [4.69, 9.17) is 15.4 Å². The van der Waals surface area contributed by atoms with E-state index in [0.29, 0.717) is 17.8 Å². The van der Waals surface area contributed by atoms with E-state index in [-0.39, 0.29) is 33.5 Å². The van der Waals surface area contributed by atoms with Crippen molar-refractivity contribution in [3.63, 3.8) is 0 Å². The van der Waals surface area contributed by atoms with Crippen molar-refractivity contribution in [3.8, 4) is 11.8 Å². The lowest BCUT2D eigenvalue weighted by molar-refractivity contribution is -0.0718. The lowest BCUT2D eigenvalue weighted by Crippen LogP contribution is -2.67. The molecule has 4 fully saturated rings. The molecule has 4 aliphatic rings. The molecule has 0 bridgehead atoms. The molecule has 51 heavy (non-hydrogen) atoms. The SMILES string of the molecule is C[C@H](CCCC(C)(C)O[Si](C)(C)C)[C@H]1CC[C@@H]2[C@]1(C)CC[13CH2][C@@]2(O)[13C]#C[C@]12C[C@H]1C[C@H](O[Si](c1ccccc1)(c1ccccc1)C(C)(C)C)C2=[13CH2]. The van der Waals surface area contributed by atoms with Gasteiger partial charge in [0.15, 0.2) is 8.32 Å². The number of rotatable bonds is 11. The van der Waals surface area contributed by atoms with Crippen molar-refractivity contribution >= 4 is 27.0 Å². The second-order valence-electron chi connectivity index (χ2n) is 20.0. The monoisotopic (exact) mass is 727 g/mol. The molecule has 5 heteroatoms. The van der Waals surface area contributed by atoms with E-state index in [1.54, 1.807) is 0 Å². The van der Waals surface area contributed by atoms with Crippen LogP contribution in [-0.2, 0) is 8.85 Å². The Morgan fingerprint density at radius 1 is 0.922 bits per heavy atom. The van der Waals surface area contributed by atoms with Crippen molar-refractivity contribution < 1.29 is 14.0 Å². The van der Waals surface area contributed by atoms with Crippen molar-refractivity contribution in [2.45, 2.75) is 155 Å². The molecule has 0 radical (unpaired) electrons. The first-order valence-corrected chi connectivity index (χ1v) is 25.5. The molecule has 0 unspecified atom stereocenters. The van der Waals surface area contributed by atoms with Gasteiger partial charge in [-0.3, -0.25) is 0 Å². The first-order valence-electron chi connectivity index (χ1n) is 20.2. The number of hydrogen-bond acceptors (Lipinski definition) is 3. The third-order valence-electron chi connectivity index (χ3n) is 13.8. The summed E-state index contributed by atoms with van der Waals surface area (Å²) >= 11 is 0. The minimum absolute atomic E-state index is 0.0338. The Labute approximate surface area is 313 Å². The molecule has 0 heterocycles.